The van der Waals surface area contributed by atoms with Gasteiger partial charge in [-0.05, 0) is 73.6 Å². The second-order valence-electron chi connectivity index (χ2n) is 6.92. The molecule has 0 amide bonds. The zero-order chi connectivity index (χ0) is 20.9. The van der Waals surface area contributed by atoms with Crippen LogP contribution in [-0.4, -0.2) is 29.9 Å². The fourth-order valence-corrected chi connectivity index (χ4v) is 4.38. The molecule has 6 heteroatoms. The molecule has 0 aliphatic carbocycles. The molecule has 0 fully saturated rings. The van der Waals surface area contributed by atoms with Gasteiger partial charge < -0.3 is 14.2 Å². The Balaban J connectivity index is 4.76. The second kappa shape index (κ2) is 13.9. The molecule has 0 spiro atoms. The Kier molecular flexibility index (Phi) is 13.3. The first-order chi connectivity index (χ1) is 12.7. The van der Waals surface area contributed by atoms with Crippen molar-refractivity contribution in [1.82, 2.24) is 0 Å². The maximum absolute atomic E-state index is 12.8. The van der Waals surface area contributed by atoms with Crippen molar-refractivity contribution in [3.63, 3.8) is 0 Å². The Morgan fingerprint density at radius 1 is 0.926 bits per heavy atom. The molecule has 1 N–H and O–H groups in total. The number of carbonyl (C=O) groups is 1. The van der Waals surface area contributed by atoms with E-state index in [1.54, 1.807) is 13.8 Å². The van der Waals surface area contributed by atoms with Crippen LogP contribution in [0.4, 0.5) is 0 Å². The van der Waals surface area contributed by atoms with Crippen molar-refractivity contribution >= 4 is 13.6 Å². The van der Waals surface area contributed by atoms with Gasteiger partial charge in [-0.3, -0.25) is 9.36 Å². The first kappa shape index (κ1) is 25.8. The highest BCUT2D eigenvalue weighted by atomic mass is 31.2. The first-order valence-electron chi connectivity index (χ1n) is 9.72. The van der Waals surface area contributed by atoms with Crippen LogP contribution in [0.1, 0.15) is 73.6 Å². The third-order valence-corrected chi connectivity index (χ3v) is 6.53. The van der Waals surface area contributed by atoms with Crippen LogP contribution in [0, 0.1) is 0 Å². The fourth-order valence-electron chi connectivity index (χ4n) is 2.59. The molecule has 0 rings (SSSR count). The summed E-state index contributed by atoms with van der Waals surface area (Å²) >= 11 is 0. The molecule has 0 radical (unpaired) electrons. The second-order valence-corrected chi connectivity index (χ2v) is 9.14. The average Bonchev–Trinajstić information content (AvgIpc) is 2.54. The number of hydrogen-bond acceptors (Lipinski definition) is 4. The Morgan fingerprint density at radius 2 is 1.41 bits per heavy atom. The summed E-state index contributed by atoms with van der Waals surface area (Å²) in [7, 11) is -3.67. The number of rotatable bonds is 14. The van der Waals surface area contributed by atoms with Crippen LogP contribution in [0.2, 0.25) is 0 Å². The van der Waals surface area contributed by atoms with Gasteiger partial charge in [-0.1, -0.05) is 34.9 Å². The smallest absolute Gasteiger partial charge is 0.345 e. The van der Waals surface area contributed by atoms with Crippen molar-refractivity contribution in [1.29, 1.82) is 0 Å². The van der Waals surface area contributed by atoms with Gasteiger partial charge in [0, 0.05) is 0 Å². The first-order valence-corrected chi connectivity index (χ1v) is 11.3. The minimum Gasteiger partial charge on any atom is -0.481 e. The third kappa shape index (κ3) is 11.3. The molecular formula is C21H37O5P. The molecule has 1 atom stereocenters. The summed E-state index contributed by atoms with van der Waals surface area (Å²) in [6.45, 7) is 12.0. The topological polar surface area (TPSA) is 72.8 Å². The highest BCUT2D eigenvalue weighted by Crippen LogP contribution is 2.54. The molecule has 156 valence electrons. The summed E-state index contributed by atoms with van der Waals surface area (Å²) < 4.78 is 23.2. The molecule has 0 saturated heterocycles. The Morgan fingerprint density at radius 3 is 1.85 bits per heavy atom. The van der Waals surface area contributed by atoms with E-state index in [9.17, 15) is 14.5 Å². The average molecular weight is 400 g/mol. The zero-order valence-electron chi connectivity index (χ0n) is 17.8. The molecule has 0 aromatic rings. The van der Waals surface area contributed by atoms with E-state index in [0.29, 0.717) is 0 Å². The summed E-state index contributed by atoms with van der Waals surface area (Å²) in [6, 6.07) is 0. The van der Waals surface area contributed by atoms with Gasteiger partial charge in [-0.2, -0.15) is 0 Å². The van der Waals surface area contributed by atoms with Crippen molar-refractivity contribution in [2.45, 2.75) is 79.3 Å². The van der Waals surface area contributed by atoms with E-state index in [0.717, 1.165) is 31.3 Å². The third-order valence-electron chi connectivity index (χ3n) is 4.10. The van der Waals surface area contributed by atoms with Gasteiger partial charge in [-0.15, -0.1) is 0 Å². The van der Waals surface area contributed by atoms with Crippen molar-refractivity contribution in [2.24, 2.45) is 0 Å². The molecule has 0 aliphatic rings. The highest BCUT2D eigenvalue weighted by molar-refractivity contribution is 7.55. The Labute approximate surface area is 165 Å². The van der Waals surface area contributed by atoms with Crippen molar-refractivity contribution in [2.75, 3.05) is 13.2 Å². The lowest BCUT2D eigenvalue weighted by molar-refractivity contribution is -0.136. The summed E-state index contributed by atoms with van der Waals surface area (Å²) in [4.78, 5) is 11.6. The molecule has 0 heterocycles. The summed E-state index contributed by atoms with van der Waals surface area (Å²) in [6.07, 6.45) is 10.3. The lowest BCUT2D eigenvalue weighted by Crippen LogP contribution is -2.22. The number of carboxylic acids is 1. The number of carboxylic acid groups (broad SMARTS) is 1. The molecular weight excluding hydrogens is 363 g/mol. The molecule has 5 nitrogen and oxygen atoms in total. The largest absolute Gasteiger partial charge is 0.481 e. The van der Waals surface area contributed by atoms with Crippen LogP contribution in [-0.2, 0) is 18.4 Å². The monoisotopic (exact) mass is 400 g/mol. The van der Waals surface area contributed by atoms with Gasteiger partial charge in [0.05, 0.1) is 13.2 Å². The van der Waals surface area contributed by atoms with Gasteiger partial charge in [0.25, 0.3) is 0 Å². The van der Waals surface area contributed by atoms with Crippen LogP contribution in [0.5, 0.6) is 0 Å². The quantitative estimate of drug-likeness (QED) is 0.266. The molecule has 1 unspecified atom stereocenters. The predicted molar refractivity (Wildman–Crippen MR) is 112 cm³/mol. The van der Waals surface area contributed by atoms with Crippen LogP contribution >= 0.6 is 7.60 Å². The van der Waals surface area contributed by atoms with Gasteiger partial charge in [0.1, 0.15) is 0 Å². The maximum atomic E-state index is 12.8. The van der Waals surface area contributed by atoms with Crippen LogP contribution in [0.3, 0.4) is 0 Å². The van der Waals surface area contributed by atoms with E-state index >= 15 is 0 Å². The lowest BCUT2D eigenvalue weighted by Gasteiger charge is -2.22. The van der Waals surface area contributed by atoms with Crippen molar-refractivity contribution < 1.29 is 23.5 Å². The molecule has 0 aromatic heterocycles. The molecule has 27 heavy (non-hydrogen) atoms. The normalized spacial score (nSPS) is 14.1. The van der Waals surface area contributed by atoms with Crippen molar-refractivity contribution in [3.05, 3.63) is 34.9 Å². The SMILES string of the molecule is CCOP(=O)(OCC)C(CC=C(C)CCC=C(C)CCC=C(C)C)C(=O)O. The van der Waals surface area contributed by atoms with E-state index in [1.165, 1.54) is 11.1 Å². The Hall–Kier alpha value is -1.16. The van der Waals surface area contributed by atoms with E-state index in [2.05, 4.69) is 32.9 Å². The minimum absolute atomic E-state index is 0.141. The fraction of sp³-hybridized carbons (Fsp3) is 0.667. The minimum atomic E-state index is -3.67. The Bertz CT molecular complexity index is 575. The van der Waals surface area contributed by atoms with Crippen LogP contribution < -0.4 is 0 Å². The van der Waals surface area contributed by atoms with E-state index in [4.69, 9.17) is 9.05 Å². The van der Waals surface area contributed by atoms with Gasteiger partial charge in [-0.25, -0.2) is 0 Å². The van der Waals surface area contributed by atoms with Crippen molar-refractivity contribution in [3.8, 4) is 0 Å². The van der Waals surface area contributed by atoms with Crippen LogP contribution in [0.15, 0.2) is 34.9 Å². The van der Waals surface area contributed by atoms with Gasteiger partial charge in [0.15, 0.2) is 5.66 Å². The summed E-state index contributed by atoms with van der Waals surface area (Å²) in [5.41, 5.74) is 2.61. The number of hydrogen-bond donors (Lipinski definition) is 1. The van der Waals surface area contributed by atoms with E-state index in [-0.39, 0.29) is 19.6 Å². The van der Waals surface area contributed by atoms with Gasteiger partial charge >= 0.3 is 13.6 Å². The van der Waals surface area contributed by atoms with Gasteiger partial charge in [0.2, 0.25) is 0 Å². The predicted octanol–water partition coefficient (Wildman–Crippen LogP) is 6.52. The summed E-state index contributed by atoms with van der Waals surface area (Å²) in [5, 5.41) is 9.47. The molecule has 0 aromatic carbocycles. The molecule has 0 aliphatic heterocycles. The van der Waals surface area contributed by atoms with E-state index < -0.39 is 19.2 Å². The maximum Gasteiger partial charge on any atom is 0.345 e. The number of allylic oxidation sites excluding steroid dienone is 6. The van der Waals surface area contributed by atoms with E-state index in [1.807, 2.05) is 13.0 Å². The number of aliphatic carboxylic acids is 1. The molecule has 0 saturated carbocycles. The molecule has 0 bridgehead atoms. The van der Waals surface area contributed by atoms with Crippen LogP contribution in [0.25, 0.3) is 0 Å². The highest BCUT2D eigenvalue weighted by Gasteiger charge is 2.40. The zero-order valence-corrected chi connectivity index (χ0v) is 18.7. The lowest BCUT2D eigenvalue weighted by atomic mass is 10.1. The standard InChI is InChI=1S/C21H37O5P/c1-7-25-27(24,26-8-2)20(21(22)23)16-15-19(6)14-10-13-18(5)12-9-11-17(3)4/h11,13,15,20H,7-10,12,14,16H2,1-6H3,(H,22,23). The summed E-state index contributed by atoms with van der Waals surface area (Å²) in [5.74, 6) is -1.15.